The molecule has 1 fully saturated rings. The molecule has 0 bridgehead atoms. The van der Waals surface area contributed by atoms with Crippen molar-refractivity contribution in [3.63, 3.8) is 0 Å². The van der Waals surface area contributed by atoms with Gasteiger partial charge in [0.15, 0.2) is 0 Å². The van der Waals surface area contributed by atoms with Gasteiger partial charge in [-0.2, -0.15) is 0 Å². The fourth-order valence-electron chi connectivity index (χ4n) is 2.37. The first-order chi connectivity index (χ1) is 10.1. The van der Waals surface area contributed by atoms with E-state index in [1.165, 1.54) is 0 Å². The second-order valence-electron chi connectivity index (χ2n) is 5.13. The molecule has 1 aromatic heterocycles. The van der Waals surface area contributed by atoms with E-state index in [1.54, 1.807) is 6.07 Å². The second-order valence-corrected chi connectivity index (χ2v) is 5.13. The summed E-state index contributed by atoms with van der Waals surface area (Å²) in [4.78, 5) is 16.1. The Balaban J connectivity index is 1.73. The maximum Gasteiger partial charge on any atom is 0.232 e. The fraction of sp³-hybridized carbons (Fsp3) is 0.333. The fourth-order valence-corrected chi connectivity index (χ4v) is 2.37. The maximum atomic E-state index is 11.9. The topological polar surface area (TPSA) is 89.8 Å². The monoisotopic (exact) mass is 287 g/mol. The molecule has 1 saturated heterocycles. The Labute approximate surface area is 122 Å². The molecular weight excluding hydrogens is 270 g/mol. The molecule has 6 nitrogen and oxygen atoms in total. The Morgan fingerprint density at radius 1 is 1.43 bits per heavy atom. The number of nitrogens with one attached hydrogen (secondary N) is 1. The molecule has 6 heteroatoms. The van der Waals surface area contributed by atoms with E-state index in [0.29, 0.717) is 18.9 Å². The molecule has 3 N–H and O–H groups in total. The zero-order valence-electron chi connectivity index (χ0n) is 11.8. The van der Waals surface area contributed by atoms with Gasteiger partial charge in [0.25, 0.3) is 0 Å². The van der Waals surface area contributed by atoms with E-state index in [2.05, 4.69) is 10.3 Å². The first-order valence-electron chi connectivity index (χ1n) is 6.85. The van der Waals surface area contributed by atoms with Gasteiger partial charge in [0.05, 0.1) is 18.2 Å². The summed E-state index contributed by atoms with van der Waals surface area (Å²) in [7, 11) is 0. The molecule has 1 aliphatic heterocycles. The van der Waals surface area contributed by atoms with Gasteiger partial charge < -0.3 is 14.9 Å². The number of hydrogen-bond acceptors (Lipinski definition) is 4. The number of furan rings is 1. The first-order valence-corrected chi connectivity index (χ1v) is 6.85. The summed E-state index contributed by atoms with van der Waals surface area (Å²) in [5, 5.41) is 3.56. The van der Waals surface area contributed by atoms with Gasteiger partial charge in [-0.1, -0.05) is 0 Å². The summed E-state index contributed by atoms with van der Waals surface area (Å²) < 4.78 is 10.7. The van der Waals surface area contributed by atoms with E-state index < -0.39 is 0 Å². The van der Waals surface area contributed by atoms with Gasteiger partial charge in [-0.05, 0) is 37.6 Å². The summed E-state index contributed by atoms with van der Waals surface area (Å²) >= 11 is 0. The summed E-state index contributed by atoms with van der Waals surface area (Å²) in [6.45, 7) is 2.95. The number of amides is 1. The number of hydrogen-bond donors (Lipinski definition) is 2. The third kappa shape index (κ3) is 3.05. The Kier molecular flexibility index (Phi) is 3.62. The average molecular weight is 287 g/mol. The van der Waals surface area contributed by atoms with E-state index in [-0.39, 0.29) is 17.8 Å². The maximum absolute atomic E-state index is 11.9. The Morgan fingerprint density at radius 2 is 2.29 bits per heavy atom. The van der Waals surface area contributed by atoms with Crippen molar-refractivity contribution in [2.75, 3.05) is 13.2 Å². The normalized spacial score (nSPS) is 19.1. The van der Waals surface area contributed by atoms with Crippen LogP contribution < -0.4 is 11.1 Å². The van der Waals surface area contributed by atoms with Gasteiger partial charge >= 0.3 is 0 Å². The minimum Gasteiger partial charge on any atom is -0.461 e. The molecule has 21 heavy (non-hydrogen) atoms. The number of nitrogens with zero attached hydrogens (tertiary/aromatic N) is 1. The number of carbonyl (C=O) groups is 1. The van der Waals surface area contributed by atoms with Gasteiger partial charge in [0.2, 0.25) is 11.9 Å². The number of guanidine groups is 1. The lowest BCUT2D eigenvalue weighted by molar-refractivity contribution is -0.123. The van der Waals surface area contributed by atoms with Crippen LogP contribution in [0.15, 0.2) is 33.7 Å². The van der Waals surface area contributed by atoms with Crippen LogP contribution in [0, 0.1) is 12.8 Å². The summed E-state index contributed by atoms with van der Waals surface area (Å²) in [5.74, 6) is 0.645. The van der Waals surface area contributed by atoms with Crippen molar-refractivity contribution in [1.29, 1.82) is 0 Å². The first kappa shape index (κ1) is 13.6. The highest BCUT2D eigenvalue weighted by Gasteiger charge is 2.23. The van der Waals surface area contributed by atoms with Crippen molar-refractivity contribution in [1.82, 2.24) is 5.32 Å². The molecule has 1 aromatic carbocycles. The average Bonchev–Trinajstić information content (AvgIpc) is 3.05. The van der Waals surface area contributed by atoms with Crippen LogP contribution >= 0.6 is 0 Å². The van der Waals surface area contributed by atoms with Crippen LogP contribution in [0.2, 0.25) is 0 Å². The molecule has 0 aliphatic carbocycles. The summed E-state index contributed by atoms with van der Waals surface area (Å²) in [6, 6.07) is 7.42. The third-order valence-corrected chi connectivity index (χ3v) is 3.42. The van der Waals surface area contributed by atoms with Crippen LogP contribution in [-0.4, -0.2) is 25.1 Å². The van der Waals surface area contributed by atoms with Gasteiger partial charge in [0.1, 0.15) is 11.3 Å². The van der Waals surface area contributed by atoms with Crippen molar-refractivity contribution in [3.05, 3.63) is 30.0 Å². The highest BCUT2D eigenvalue weighted by Crippen LogP contribution is 2.24. The van der Waals surface area contributed by atoms with Crippen LogP contribution in [0.4, 0.5) is 5.69 Å². The molecular formula is C15H17N3O3. The Hall–Kier alpha value is -2.34. The smallest absolute Gasteiger partial charge is 0.232 e. The Bertz CT molecular complexity index is 699. The van der Waals surface area contributed by atoms with Crippen molar-refractivity contribution in [3.8, 4) is 0 Å². The molecule has 2 aromatic rings. The minimum atomic E-state index is -0.144. The zero-order valence-corrected chi connectivity index (χ0v) is 11.8. The number of nitrogens with two attached hydrogens (primary N) is 1. The highest BCUT2D eigenvalue weighted by atomic mass is 16.5. The quantitative estimate of drug-likeness (QED) is 0.651. The zero-order chi connectivity index (χ0) is 14.8. The van der Waals surface area contributed by atoms with Crippen molar-refractivity contribution in [2.45, 2.75) is 13.3 Å². The number of fused-ring (bicyclic) bond motifs is 1. The lowest BCUT2D eigenvalue weighted by atomic mass is 10.1. The number of benzene rings is 1. The molecule has 3 rings (SSSR count). The predicted molar refractivity (Wildman–Crippen MR) is 79.3 cm³/mol. The van der Waals surface area contributed by atoms with Crippen LogP contribution in [0.1, 0.15) is 12.2 Å². The molecule has 2 heterocycles. The molecule has 0 saturated carbocycles. The third-order valence-electron chi connectivity index (χ3n) is 3.42. The second kappa shape index (κ2) is 5.57. The molecule has 1 amide bonds. The van der Waals surface area contributed by atoms with Crippen LogP contribution in [0.25, 0.3) is 11.0 Å². The van der Waals surface area contributed by atoms with E-state index in [1.807, 2.05) is 25.1 Å². The van der Waals surface area contributed by atoms with Gasteiger partial charge in [0, 0.05) is 12.0 Å². The van der Waals surface area contributed by atoms with E-state index in [9.17, 15) is 4.79 Å². The van der Waals surface area contributed by atoms with Gasteiger partial charge in [-0.15, -0.1) is 0 Å². The van der Waals surface area contributed by atoms with E-state index in [4.69, 9.17) is 14.9 Å². The molecule has 1 atom stereocenters. The number of ether oxygens (including phenoxy) is 1. The Morgan fingerprint density at radius 3 is 3.05 bits per heavy atom. The molecule has 0 radical (unpaired) electrons. The number of rotatable bonds is 2. The number of aryl methyl sites for hydroxylation is 1. The van der Waals surface area contributed by atoms with Crippen molar-refractivity contribution >= 4 is 28.5 Å². The van der Waals surface area contributed by atoms with Gasteiger partial charge in [-0.3, -0.25) is 10.1 Å². The molecule has 1 aliphatic rings. The highest BCUT2D eigenvalue weighted by molar-refractivity contribution is 5.98. The minimum absolute atomic E-state index is 0.0893. The SMILES string of the molecule is Cc1cc2cc(N=C(N)NC(=O)C3CCOC3)ccc2o1. The largest absolute Gasteiger partial charge is 0.461 e. The predicted octanol–water partition coefficient (Wildman–Crippen LogP) is 1.84. The lowest BCUT2D eigenvalue weighted by Gasteiger charge is -2.08. The van der Waals surface area contributed by atoms with Gasteiger partial charge in [-0.25, -0.2) is 4.99 Å². The van der Waals surface area contributed by atoms with Crippen LogP contribution in [0.3, 0.4) is 0 Å². The molecule has 1 unspecified atom stereocenters. The summed E-state index contributed by atoms with van der Waals surface area (Å²) in [5.41, 5.74) is 7.25. The standard InChI is InChI=1S/C15H17N3O3/c1-9-6-11-7-12(2-3-13(11)21-9)17-15(16)18-14(19)10-4-5-20-8-10/h2-3,6-7,10H,4-5,8H2,1H3,(H3,16,17,18,19). The number of carbonyl (C=O) groups excluding carboxylic acids is 1. The van der Waals surface area contributed by atoms with E-state index >= 15 is 0 Å². The molecule has 110 valence electrons. The van der Waals surface area contributed by atoms with Crippen LogP contribution in [-0.2, 0) is 9.53 Å². The lowest BCUT2D eigenvalue weighted by Crippen LogP contribution is -2.40. The summed E-state index contributed by atoms with van der Waals surface area (Å²) in [6.07, 6.45) is 0.722. The number of aliphatic imine (C=N–C) groups is 1. The van der Waals surface area contributed by atoms with Crippen LogP contribution in [0.5, 0.6) is 0 Å². The molecule has 0 spiro atoms. The van der Waals surface area contributed by atoms with Crippen molar-refractivity contribution in [2.24, 2.45) is 16.6 Å². The van der Waals surface area contributed by atoms with E-state index in [0.717, 1.165) is 23.2 Å². The van der Waals surface area contributed by atoms with Crippen molar-refractivity contribution < 1.29 is 13.9 Å².